The smallest absolute Gasteiger partial charge is 0.251 e. The number of amides is 1. The quantitative estimate of drug-likeness (QED) is 0.819. The summed E-state index contributed by atoms with van der Waals surface area (Å²) < 4.78 is 0. The van der Waals surface area contributed by atoms with Crippen LogP contribution in [0.5, 0.6) is 0 Å². The van der Waals surface area contributed by atoms with Crippen molar-refractivity contribution in [1.82, 2.24) is 20.7 Å². The lowest BCUT2D eigenvalue weighted by atomic mass is 10.1. The van der Waals surface area contributed by atoms with Gasteiger partial charge in [-0.1, -0.05) is 6.92 Å². The Labute approximate surface area is 93.2 Å². The minimum atomic E-state index is -0.0701. The van der Waals surface area contributed by atoms with E-state index in [0.717, 1.165) is 11.9 Å². The lowest BCUT2D eigenvalue weighted by Gasteiger charge is -2.10. The van der Waals surface area contributed by atoms with Gasteiger partial charge in [-0.3, -0.25) is 4.79 Å². The summed E-state index contributed by atoms with van der Waals surface area (Å²) in [4.78, 5) is 11.8. The lowest BCUT2D eigenvalue weighted by Crippen LogP contribution is -2.31. The van der Waals surface area contributed by atoms with Crippen LogP contribution < -0.4 is 5.32 Å². The van der Waals surface area contributed by atoms with Crippen LogP contribution in [0.4, 0.5) is 0 Å². The number of nitrogens with one attached hydrogen (secondary N) is 2. The molecule has 2 N–H and O–H groups in total. The topological polar surface area (TPSA) is 70.7 Å². The third-order valence-electron chi connectivity index (χ3n) is 2.57. The number of hydrogen-bond acceptors (Lipinski definition) is 3. The lowest BCUT2D eigenvalue weighted by molar-refractivity contribution is 0.0939. The fourth-order valence-electron chi connectivity index (χ4n) is 1.39. The van der Waals surface area contributed by atoms with Crippen molar-refractivity contribution in [2.24, 2.45) is 0 Å². The molecule has 0 aliphatic rings. The molecule has 5 heteroatoms. The van der Waals surface area contributed by atoms with Crippen molar-refractivity contribution in [3.8, 4) is 0 Å². The Bertz CT molecular complexity index is 505. The maximum atomic E-state index is 11.8. The summed E-state index contributed by atoms with van der Waals surface area (Å²) in [7, 11) is 0. The SMILES string of the molecule is CCC(C)NC(=O)c1ccc2n[nH]nc2c1. The number of carbonyl (C=O) groups is 1. The number of fused-ring (bicyclic) bond motifs is 1. The molecule has 2 rings (SSSR count). The van der Waals surface area contributed by atoms with E-state index in [1.54, 1.807) is 18.2 Å². The van der Waals surface area contributed by atoms with Crippen LogP contribution in [0.2, 0.25) is 0 Å². The van der Waals surface area contributed by atoms with Crippen LogP contribution in [0, 0.1) is 0 Å². The summed E-state index contributed by atoms with van der Waals surface area (Å²) in [6.07, 6.45) is 0.915. The average Bonchev–Trinajstić information content (AvgIpc) is 2.75. The molecule has 0 saturated heterocycles. The highest BCUT2D eigenvalue weighted by Crippen LogP contribution is 2.10. The summed E-state index contributed by atoms with van der Waals surface area (Å²) in [5.41, 5.74) is 2.08. The van der Waals surface area contributed by atoms with Crippen LogP contribution in [0.1, 0.15) is 30.6 Å². The van der Waals surface area contributed by atoms with Crippen LogP contribution in [0.15, 0.2) is 18.2 Å². The maximum absolute atomic E-state index is 11.8. The van der Waals surface area contributed by atoms with Gasteiger partial charge in [0.2, 0.25) is 0 Å². The van der Waals surface area contributed by atoms with Crippen molar-refractivity contribution in [3.63, 3.8) is 0 Å². The number of aromatic amines is 1. The standard InChI is InChI=1S/C11H14N4O/c1-3-7(2)12-11(16)8-4-5-9-10(6-8)14-15-13-9/h4-7H,3H2,1-2H3,(H,12,16)(H,13,14,15). The molecule has 1 amide bonds. The number of hydrogen-bond donors (Lipinski definition) is 2. The van der Waals surface area contributed by atoms with Crippen molar-refractivity contribution >= 4 is 16.9 Å². The molecule has 0 radical (unpaired) electrons. The van der Waals surface area contributed by atoms with Gasteiger partial charge in [-0.15, -0.1) is 0 Å². The molecule has 1 aromatic carbocycles. The van der Waals surface area contributed by atoms with E-state index in [9.17, 15) is 4.79 Å². The number of aromatic nitrogens is 3. The molecule has 1 unspecified atom stereocenters. The first-order valence-electron chi connectivity index (χ1n) is 5.32. The van der Waals surface area contributed by atoms with Crippen LogP contribution in [-0.2, 0) is 0 Å². The Morgan fingerprint density at radius 1 is 1.44 bits per heavy atom. The second-order valence-electron chi connectivity index (χ2n) is 3.81. The molecular weight excluding hydrogens is 204 g/mol. The van der Waals surface area contributed by atoms with Gasteiger partial charge in [0, 0.05) is 11.6 Å². The molecule has 84 valence electrons. The Balaban J connectivity index is 2.22. The van der Waals surface area contributed by atoms with Crippen LogP contribution in [-0.4, -0.2) is 27.4 Å². The van der Waals surface area contributed by atoms with E-state index in [1.807, 2.05) is 13.8 Å². The van der Waals surface area contributed by atoms with Gasteiger partial charge in [0.05, 0.1) is 0 Å². The zero-order valence-electron chi connectivity index (χ0n) is 9.32. The fraction of sp³-hybridized carbons (Fsp3) is 0.364. The molecular formula is C11H14N4O. The van der Waals surface area contributed by atoms with Gasteiger partial charge in [0.15, 0.2) is 0 Å². The van der Waals surface area contributed by atoms with Crippen molar-refractivity contribution in [2.45, 2.75) is 26.3 Å². The van der Waals surface area contributed by atoms with Crippen LogP contribution in [0.3, 0.4) is 0 Å². The first-order valence-corrected chi connectivity index (χ1v) is 5.32. The Hall–Kier alpha value is -1.91. The fourth-order valence-corrected chi connectivity index (χ4v) is 1.39. The first-order chi connectivity index (χ1) is 7.70. The molecule has 0 spiro atoms. The van der Waals surface area contributed by atoms with E-state index in [1.165, 1.54) is 0 Å². The molecule has 1 atom stereocenters. The highest BCUT2D eigenvalue weighted by atomic mass is 16.1. The molecule has 2 aromatic rings. The summed E-state index contributed by atoms with van der Waals surface area (Å²) in [6.45, 7) is 4.01. The highest BCUT2D eigenvalue weighted by Gasteiger charge is 2.09. The summed E-state index contributed by atoms with van der Waals surface area (Å²) in [5.74, 6) is -0.0701. The molecule has 1 heterocycles. The third kappa shape index (κ3) is 2.03. The molecule has 16 heavy (non-hydrogen) atoms. The molecule has 0 saturated carbocycles. The molecule has 0 bridgehead atoms. The minimum Gasteiger partial charge on any atom is -0.350 e. The van der Waals surface area contributed by atoms with Gasteiger partial charge in [-0.25, -0.2) is 0 Å². The Kier molecular flexibility index (Phi) is 2.85. The zero-order valence-corrected chi connectivity index (χ0v) is 9.32. The number of H-pyrrole nitrogens is 1. The van der Waals surface area contributed by atoms with Gasteiger partial charge in [0.25, 0.3) is 5.91 Å². The summed E-state index contributed by atoms with van der Waals surface area (Å²) in [5, 5.41) is 13.3. The molecule has 0 aliphatic heterocycles. The van der Waals surface area contributed by atoms with Crippen molar-refractivity contribution in [1.29, 1.82) is 0 Å². The Morgan fingerprint density at radius 3 is 2.94 bits per heavy atom. The number of rotatable bonds is 3. The second kappa shape index (κ2) is 4.30. The van der Waals surface area contributed by atoms with E-state index in [0.29, 0.717) is 11.1 Å². The largest absolute Gasteiger partial charge is 0.350 e. The van der Waals surface area contributed by atoms with Gasteiger partial charge in [-0.05, 0) is 31.5 Å². The minimum absolute atomic E-state index is 0.0701. The second-order valence-corrected chi connectivity index (χ2v) is 3.81. The van der Waals surface area contributed by atoms with E-state index >= 15 is 0 Å². The van der Waals surface area contributed by atoms with Gasteiger partial charge >= 0.3 is 0 Å². The van der Waals surface area contributed by atoms with E-state index in [-0.39, 0.29) is 11.9 Å². The van der Waals surface area contributed by atoms with Gasteiger partial charge in [0.1, 0.15) is 11.0 Å². The summed E-state index contributed by atoms with van der Waals surface area (Å²) in [6, 6.07) is 5.45. The number of nitrogens with zero attached hydrogens (tertiary/aromatic N) is 2. The molecule has 0 aliphatic carbocycles. The van der Waals surface area contributed by atoms with E-state index in [4.69, 9.17) is 0 Å². The van der Waals surface area contributed by atoms with Gasteiger partial charge in [-0.2, -0.15) is 15.4 Å². The predicted molar refractivity (Wildman–Crippen MR) is 61.1 cm³/mol. The van der Waals surface area contributed by atoms with E-state index < -0.39 is 0 Å². The highest BCUT2D eigenvalue weighted by molar-refractivity contribution is 5.97. The van der Waals surface area contributed by atoms with Crippen LogP contribution in [0.25, 0.3) is 11.0 Å². The Morgan fingerprint density at radius 2 is 2.19 bits per heavy atom. The van der Waals surface area contributed by atoms with Gasteiger partial charge < -0.3 is 5.32 Å². The zero-order chi connectivity index (χ0) is 11.5. The number of benzene rings is 1. The van der Waals surface area contributed by atoms with Crippen molar-refractivity contribution in [2.75, 3.05) is 0 Å². The number of carbonyl (C=O) groups excluding carboxylic acids is 1. The van der Waals surface area contributed by atoms with Crippen LogP contribution >= 0.6 is 0 Å². The first kappa shape index (κ1) is 10.6. The molecule has 5 nitrogen and oxygen atoms in total. The third-order valence-corrected chi connectivity index (χ3v) is 2.57. The monoisotopic (exact) mass is 218 g/mol. The normalized spacial score (nSPS) is 12.6. The molecule has 0 fully saturated rings. The summed E-state index contributed by atoms with van der Waals surface area (Å²) >= 11 is 0. The predicted octanol–water partition coefficient (Wildman–Crippen LogP) is 1.49. The maximum Gasteiger partial charge on any atom is 0.251 e. The van der Waals surface area contributed by atoms with E-state index in [2.05, 4.69) is 20.7 Å². The molecule has 1 aromatic heterocycles. The van der Waals surface area contributed by atoms with Crippen molar-refractivity contribution < 1.29 is 4.79 Å². The average molecular weight is 218 g/mol. The van der Waals surface area contributed by atoms with Crippen molar-refractivity contribution in [3.05, 3.63) is 23.8 Å².